The van der Waals surface area contributed by atoms with Gasteiger partial charge in [-0.25, -0.2) is 9.37 Å². The maximum Gasteiger partial charge on any atom is 0.573 e. The van der Waals surface area contributed by atoms with Crippen LogP contribution in [0.15, 0.2) is 73.3 Å². The maximum absolute atomic E-state index is 12.5. The molecule has 1 N–H and O–H groups in total. The molecule has 0 aliphatic carbocycles. The molecule has 0 fully saturated rings. The number of amides is 1. The van der Waals surface area contributed by atoms with Crippen LogP contribution < -0.4 is 14.8 Å². The Balaban J connectivity index is 0.000000195. The average Bonchev–Trinajstić information content (AvgIpc) is 3.28. The third-order valence-corrected chi connectivity index (χ3v) is 4.81. The van der Waals surface area contributed by atoms with Crippen molar-refractivity contribution >= 4 is 11.6 Å². The summed E-state index contributed by atoms with van der Waals surface area (Å²) in [5.74, 6) is -1.23. The monoisotopic (exact) mass is 474 g/mol. The highest BCUT2D eigenvalue weighted by molar-refractivity contribution is 5.94. The van der Waals surface area contributed by atoms with Crippen LogP contribution in [0.3, 0.4) is 0 Å². The Morgan fingerprint density at radius 1 is 1.09 bits per heavy atom. The topological polar surface area (TPSA) is 77.8 Å². The van der Waals surface area contributed by atoms with E-state index in [-0.39, 0.29) is 11.9 Å². The van der Waals surface area contributed by atoms with Crippen LogP contribution in [0.25, 0.3) is 5.65 Å². The van der Waals surface area contributed by atoms with Crippen LogP contribution in [0.4, 0.5) is 17.6 Å². The van der Waals surface area contributed by atoms with Crippen molar-refractivity contribution in [2.24, 2.45) is 0 Å². The molecule has 4 aromatic rings. The van der Waals surface area contributed by atoms with Crippen molar-refractivity contribution in [1.82, 2.24) is 19.7 Å². The van der Waals surface area contributed by atoms with Crippen LogP contribution in [0.5, 0.6) is 11.5 Å². The lowest BCUT2D eigenvalue weighted by Crippen LogP contribution is -2.32. The van der Waals surface area contributed by atoms with Crippen LogP contribution in [0.1, 0.15) is 28.5 Å². The second-order valence-corrected chi connectivity index (χ2v) is 7.14. The molecule has 0 saturated carbocycles. The number of rotatable bonds is 3. The molecule has 7 nitrogen and oxygen atoms in total. The molecule has 176 valence electrons. The first-order chi connectivity index (χ1) is 16.3. The summed E-state index contributed by atoms with van der Waals surface area (Å²) >= 11 is 0. The molecule has 4 heterocycles. The molecule has 0 spiro atoms. The lowest BCUT2D eigenvalue weighted by atomic mass is 10.1. The number of hydrogen-bond acceptors (Lipinski definition) is 5. The van der Waals surface area contributed by atoms with Crippen LogP contribution in [-0.2, 0) is 0 Å². The summed E-state index contributed by atoms with van der Waals surface area (Å²) in [6.45, 7) is 0.574. The van der Waals surface area contributed by atoms with Crippen molar-refractivity contribution in [2.45, 2.75) is 18.8 Å². The Morgan fingerprint density at radius 2 is 1.91 bits per heavy atom. The molecule has 1 unspecified atom stereocenters. The number of benzene rings is 1. The quantitative estimate of drug-likeness (QED) is 0.436. The average molecular weight is 474 g/mol. The SMILES string of the molecule is Fc1ccccc1OC(F)(F)F.O=C(NC1CCOc2cccnc21)c1ccc2nccn2c1. The number of aromatic nitrogens is 3. The van der Waals surface area contributed by atoms with Crippen molar-refractivity contribution in [2.75, 3.05) is 6.61 Å². The Kier molecular flexibility index (Phi) is 6.62. The Morgan fingerprint density at radius 3 is 2.71 bits per heavy atom. The van der Waals surface area contributed by atoms with Crippen molar-refractivity contribution in [3.05, 3.63) is 90.4 Å². The first-order valence-corrected chi connectivity index (χ1v) is 10.1. The van der Waals surface area contributed by atoms with Gasteiger partial charge in [0.2, 0.25) is 0 Å². The summed E-state index contributed by atoms with van der Waals surface area (Å²) in [5.41, 5.74) is 2.19. The Hall–Kier alpha value is -4.15. The number of carbonyl (C=O) groups is 1. The zero-order chi connectivity index (χ0) is 24.1. The van der Waals surface area contributed by atoms with Gasteiger partial charge in [-0.05, 0) is 36.4 Å². The number of carbonyl (C=O) groups excluding carboxylic acids is 1. The summed E-state index contributed by atoms with van der Waals surface area (Å²) in [6.07, 6.45) is 2.87. The van der Waals surface area contributed by atoms with E-state index in [0.29, 0.717) is 18.6 Å². The van der Waals surface area contributed by atoms with Crippen LogP contribution in [0.2, 0.25) is 0 Å². The molecule has 3 aromatic heterocycles. The van der Waals surface area contributed by atoms with Gasteiger partial charge in [-0.1, -0.05) is 12.1 Å². The summed E-state index contributed by atoms with van der Waals surface area (Å²) in [7, 11) is 0. The molecule has 0 bridgehead atoms. The van der Waals surface area contributed by atoms with Gasteiger partial charge >= 0.3 is 6.36 Å². The fourth-order valence-electron chi connectivity index (χ4n) is 3.30. The number of para-hydroxylation sites is 1. The van der Waals surface area contributed by atoms with Gasteiger partial charge in [0.15, 0.2) is 11.6 Å². The number of nitrogens with zero attached hydrogens (tertiary/aromatic N) is 3. The maximum atomic E-state index is 12.5. The van der Waals surface area contributed by atoms with Gasteiger partial charge < -0.3 is 19.2 Å². The highest BCUT2D eigenvalue weighted by atomic mass is 19.4. The first-order valence-electron chi connectivity index (χ1n) is 10.1. The molecule has 1 aromatic carbocycles. The predicted octanol–water partition coefficient (Wildman–Crippen LogP) is 4.71. The molecule has 11 heteroatoms. The standard InChI is InChI=1S/C16H14N4O2.C7H4F4O/c21-16(11-3-4-14-17-7-8-20(14)10-11)19-12-5-9-22-13-2-1-6-18-15(12)13;8-5-3-1-2-4-6(5)12-7(9,10)11/h1-4,6-8,10,12H,5,9H2,(H,19,21);1-4H. The van der Waals surface area contributed by atoms with E-state index >= 15 is 0 Å². The van der Waals surface area contributed by atoms with Gasteiger partial charge in [-0.15, -0.1) is 13.2 Å². The second kappa shape index (κ2) is 9.77. The fraction of sp³-hybridized carbons (Fsp3) is 0.174. The van der Waals surface area contributed by atoms with E-state index in [1.165, 1.54) is 12.1 Å². The lowest BCUT2D eigenvalue weighted by Gasteiger charge is -2.25. The summed E-state index contributed by atoms with van der Waals surface area (Å²) in [6, 6.07) is 11.5. The molecular formula is C23H18F4N4O3. The van der Waals surface area contributed by atoms with E-state index in [1.807, 2.05) is 28.8 Å². The van der Waals surface area contributed by atoms with Gasteiger partial charge in [-0.3, -0.25) is 9.78 Å². The predicted molar refractivity (Wildman–Crippen MR) is 113 cm³/mol. The number of ether oxygens (including phenoxy) is 2. The first kappa shape index (κ1) is 23.0. The van der Waals surface area contributed by atoms with E-state index in [9.17, 15) is 22.4 Å². The van der Waals surface area contributed by atoms with Crippen LogP contribution >= 0.6 is 0 Å². The van der Waals surface area contributed by atoms with Gasteiger partial charge in [0.25, 0.3) is 5.91 Å². The van der Waals surface area contributed by atoms with Crippen molar-refractivity contribution in [3.63, 3.8) is 0 Å². The minimum Gasteiger partial charge on any atom is -0.491 e. The minimum atomic E-state index is -4.85. The molecule has 5 rings (SSSR count). The number of nitrogens with one attached hydrogen (secondary N) is 1. The lowest BCUT2D eigenvalue weighted by molar-refractivity contribution is -0.275. The summed E-state index contributed by atoms with van der Waals surface area (Å²) in [5, 5.41) is 3.03. The van der Waals surface area contributed by atoms with Gasteiger partial charge in [0, 0.05) is 31.2 Å². The van der Waals surface area contributed by atoms with E-state index in [4.69, 9.17) is 4.74 Å². The molecule has 1 atom stereocenters. The summed E-state index contributed by atoms with van der Waals surface area (Å²) in [4.78, 5) is 21.0. The van der Waals surface area contributed by atoms with Gasteiger partial charge in [-0.2, -0.15) is 0 Å². The second-order valence-electron chi connectivity index (χ2n) is 7.14. The highest BCUT2D eigenvalue weighted by Gasteiger charge is 2.32. The molecule has 1 aliphatic rings. The Labute approximate surface area is 191 Å². The van der Waals surface area contributed by atoms with Crippen molar-refractivity contribution < 1.29 is 31.8 Å². The largest absolute Gasteiger partial charge is 0.573 e. The number of imidazole rings is 1. The van der Waals surface area contributed by atoms with Crippen molar-refractivity contribution in [3.8, 4) is 11.5 Å². The molecule has 0 radical (unpaired) electrons. The van der Waals surface area contributed by atoms with Crippen molar-refractivity contribution in [1.29, 1.82) is 0 Å². The molecule has 34 heavy (non-hydrogen) atoms. The third-order valence-electron chi connectivity index (χ3n) is 4.81. The molecule has 1 aliphatic heterocycles. The van der Waals surface area contributed by atoms with Crippen LogP contribution in [-0.4, -0.2) is 33.2 Å². The number of hydrogen-bond donors (Lipinski definition) is 1. The zero-order valence-electron chi connectivity index (χ0n) is 17.5. The number of halogens is 4. The van der Waals surface area contributed by atoms with E-state index in [2.05, 4.69) is 20.0 Å². The van der Waals surface area contributed by atoms with Gasteiger partial charge in [0.1, 0.15) is 17.1 Å². The fourth-order valence-corrected chi connectivity index (χ4v) is 3.30. The number of fused-ring (bicyclic) bond motifs is 2. The van der Waals surface area contributed by atoms with Crippen LogP contribution in [0, 0.1) is 5.82 Å². The minimum absolute atomic E-state index is 0.126. The van der Waals surface area contributed by atoms with E-state index in [0.717, 1.165) is 29.2 Å². The number of alkyl halides is 3. The smallest absolute Gasteiger partial charge is 0.491 e. The zero-order valence-corrected chi connectivity index (χ0v) is 17.5. The Bertz CT molecular complexity index is 1290. The normalized spacial score (nSPS) is 14.9. The highest BCUT2D eigenvalue weighted by Crippen LogP contribution is 2.29. The van der Waals surface area contributed by atoms with Gasteiger partial charge in [0.05, 0.1) is 18.2 Å². The third kappa shape index (κ3) is 5.61. The summed E-state index contributed by atoms with van der Waals surface area (Å²) < 4.78 is 57.8. The molecule has 1 amide bonds. The molecule has 0 saturated heterocycles. The van der Waals surface area contributed by atoms with E-state index in [1.54, 1.807) is 24.7 Å². The number of pyridine rings is 2. The van der Waals surface area contributed by atoms with E-state index < -0.39 is 17.9 Å². The molecular weight excluding hydrogens is 456 g/mol.